The van der Waals surface area contributed by atoms with Crippen molar-refractivity contribution in [2.75, 3.05) is 6.54 Å². The number of fused-ring (bicyclic) bond motifs is 1. The van der Waals surface area contributed by atoms with E-state index < -0.39 is 0 Å². The molecule has 30 heavy (non-hydrogen) atoms. The molecule has 0 spiro atoms. The predicted octanol–water partition coefficient (Wildman–Crippen LogP) is 4.98. The highest BCUT2D eigenvalue weighted by Gasteiger charge is 2.15. The van der Waals surface area contributed by atoms with Crippen LogP contribution in [0.4, 0.5) is 0 Å². The molecule has 2 aromatic carbocycles. The Labute approximate surface area is 177 Å². The van der Waals surface area contributed by atoms with Crippen molar-refractivity contribution in [1.29, 1.82) is 0 Å². The second kappa shape index (κ2) is 9.12. The Bertz CT molecular complexity index is 1160. The van der Waals surface area contributed by atoms with Crippen molar-refractivity contribution in [3.05, 3.63) is 93.3 Å². The number of para-hydroxylation sites is 1. The van der Waals surface area contributed by atoms with Gasteiger partial charge in [0.1, 0.15) is 0 Å². The van der Waals surface area contributed by atoms with Crippen LogP contribution in [0, 0.1) is 6.92 Å². The number of rotatable bonds is 6. The Kier molecular flexibility index (Phi) is 6.12. The van der Waals surface area contributed by atoms with Gasteiger partial charge in [0.15, 0.2) is 0 Å². The number of amides is 1. The van der Waals surface area contributed by atoms with E-state index in [0.717, 1.165) is 41.3 Å². The Morgan fingerprint density at radius 1 is 1.07 bits per heavy atom. The highest BCUT2D eigenvalue weighted by Crippen LogP contribution is 2.20. The van der Waals surface area contributed by atoms with Gasteiger partial charge in [-0.15, -0.1) is 0 Å². The van der Waals surface area contributed by atoms with Gasteiger partial charge in [0.25, 0.3) is 11.5 Å². The van der Waals surface area contributed by atoms with E-state index in [1.165, 1.54) is 24.5 Å². The molecular weight excluding hydrogens is 372 g/mol. The molecule has 1 amide bonds. The van der Waals surface area contributed by atoms with Gasteiger partial charge in [0.05, 0.1) is 17.6 Å². The molecule has 1 heterocycles. The monoisotopic (exact) mass is 400 g/mol. The summed E-state index contributed by atoms with van der Waals surface area (Å²) in [5.74, 6) is -0.178. The molecule has 0 radical (unpaired) electrons. The number of aryl methyl sites for hydroxylation is 1. The molecule has 0 saturated heterocycles. The summed E-state index contributed by atoms with van der Waals surface area (Å²) in [5, 5.41) is 3.82. The fourth-order valence-electron chi connectivity index (χ4n) is 4.24. The maximum atomic E-state index is 12.9. The third-order valence-corrected chi connectivity index (χ3v) is 5.80. The van der Waals surface area contributed by atoms with Crippen molar-refractivity contribution < 1.29 is 4.79 Å². The van der Waals surface area contributed by atoms with Crippen LogP contribution in [0.25, 0.3) is 10.9 Å². The third-order valence-electron chi connectivity index (χ3n) is 5.80. The molecule has 3 aromatic rings. The van der Waals surface area contributed by atoms with Crippen molar-refractivity contribution in [1.82, 2.24) is 9.88 Å². The van der Waals surface area contributed by atoms with Crippen molar-refractivity contribution >= 4 is 16.8 Å². The molecular formula is C26H28N2O2. The van der Waals surface area contributed by atoms with Crippen molar-refractivity contribution in [2.45, 2.75) is 45.6 Å². The topological polar surface area (TPSA) is 51.1 Å². The largest absolute Gasteiger partial charge is 0.352 e. The van der Waals surface area contributed by atoms with Gasteiger partial charge in [-0.1, -0.05) is 59.7 Å². The fourth-order valence-corrected chi connectivity index (χ4v) is 4.24. The molecule has 4 nitrogen and oxygen atoms in total. The van der Waals surface area contributed by atoms with Crippen LogP contribution in [0.15, 0.2) is 71.0 Å². The normalized spacial score (nSPS) is 13.8. The molecule has 1 aliphatic rings. The minimum Gasteiger partial charge on any atom is -0.352 e. The highest BCUT2D eigenvalue weighted by molar-refractivity contribution is 6.06. The lowest BCUT2D eigenvalue weighted by Gasteiger charge is -2.15. The van der Waals surface area contributed by atoms with Crippen LogP contribution < -0.4 is 10.9 Å². The summed E-state index contributed by atoms with van der Waals surface area (Å²) in [7, 11) is 0. The number of hydrogen-bond donors (Lipinski definition) is 1. The fraction of sp³-hybridized carbons (Fsp3) is 0.308. The van der Waals surface area contributed by atoms with Crippen LogP contribution in [0.5, 0.6) is 0 Å². The summed E-state index contributed by atoms with van der Waals surface area (Å²) in [6, 6.07) is 17.3. The van der Waals surface area contributed by atoms with E-state index in [4.69, 9.17) is 0 Å². The number of pyridine rings is 1. The first kappa shape index (κ1) is 20.1. The molecule has 4 heteroatoms. The molecule has 0 fully saturated rings. The molecule has 154 valence electrons. The Morgan fingerprint density at radius 3 is 2.73 bits per heavy atom. The summed E-state index contributed by atoms with van der Waals surface area (Å²) >= 11 is 0. The number of carbonyl (C=O) groups is 1. The maximum absolute atomic E-state index is 12.9. The molecule has 0 unspecified atom stereocenters. The van der Waals surface area contributed by atoms with E-state index in [-0.39, 0.29) is 11.5 Å². The number of allylic oxidation sites excluding steroid dienone is 1. The van der Waals surface area contributed by atoms with Crippen LogP contribution in [-0.2, 0) is 6.54 Å². The first-order valence-corrected chi connectivity index (χ1v) is 10.8. The standard InChI is InChI=1S/C26H28N2O2/c1-19-8-7-11-21(16-19)18-28-24-13-6-5-12-22(24)23(17-25(28)29)26(30)27-15-14-20-9-3-2-4-10-20/h5-9,11-13,16-17H,2-4,10,14-15,18H2,1H3,(H,27,30). The number of hydrogen-bond acceptors (Lipinski definition) is 2. The van der Waals surface area contributed by atoms with E-state index in [2.05, 4.69) is 17.5 Å². The van der Waals surface area contributed by atoms with E-state index in [0.29, 0.717) is 18.7 Å². The summed E-state index contributed by atoms with van der Waals surface area (Å²) in [5.41, 5.74) is 4.74. The van der Waals surface area contributed by atoms with Gasteiger partial charge in [0.2, 0.25) is 0 Å². The van der Waals surface area contributed by atoms with E-state index in [9.17, 15) is 9.59 Å². The molecule has 1 N–H and O–H groups in total. The Hall–Kier alpha value is -3.14. The van der Waals surface area contributed by atoms with Gasteiger partial charge >= 0.3 is 0 Å². The average molecular weight is 401 g/mol. The smallest absolute Gasteiger partial charge is 0.252 e. The van der Waals surface area contributed by atoms with Gasteiger partial charge in [-0.3, -0.25) is 9.59 Å². The lowest BCUT2D eigenvalue weighted by molar-refractivity contribution is 0.0955. The van der Waals surface area contributed by atoms with Gasteiger partial charge in [-0.25, -0.2) is 0 Å². The average Bonchev–Trinajstić information content (AvgIpc) is 2.76. The molecule has 4 rings (SSSR count). The van der Waals surface area contributed by atoms with E-state index in [1.54, 1.807) is 4.57 Å². The molecule has 1 aromatic heterocycles. The van der Waals surface area contributed by atoms with Crippen LogP contribution in [-0.4, -0.2) is 17.0 Å². The second-order valence-electron chi connectivity index (χ2n) is 8.10. The number of aromatic nitrogens is 1. The third kappa shape index (κ3) is 4.54. The lowest BCUT2D eigenvalue weighted by Crippen LogP contribution is -2.29. The zero-order valence-electron chi connectivity index (χ0n) is 17.5. The first-order valence-electron chi connectivity index (χ1n) is 10.8. The number of nitrogens with zero attached hydrogens (tertiary/aromatic N) is 1. The van der Waals surface area contributed by atoms with Crippen LogP contribution in [0.1, 0.15) is 53.6 Å². The zero-order valence-corrected chi connectivity index (χ0v) is 17.5. The minimum absolute atomic E-state index is 0.157. The van der Waals surface area contributed by atoms with Gasteiger partial charge in [-0.05, 0) is 50.7 Å². The Morgan fingerprint density at radius 2 is 1.93 bits per heavy atom. The SMILES string of the molecule is Cc1cccc(Cn2c(=O)cc(C(=O)NCCC3=CCCCC3)c3ccccc32)c1. The lowest BCUT2D eigenvalue weighted by atomic mass is 9.97. The van der Waals surface area contributed by atoms with Crippen LogP contribution in [0.3, 0.4) is 0 Å². The number of carbonyl (C=O) groups excluding carboxylic acids is 1. The quantitative estimate of drug-likeness (QED) is 0.594. The molecule has 0 atom stereocenters. The van der Waals surface area contributed by atoms with Crippen molar-refractivity contribution in [3.8, 4) is 0 Å². The van der Waals surface area contributed by atoms with E-state index >= 15 is 0 Å². The van der Waals surface area contributed by atoms with Crippen molar-refractivity contribution in [2.24, 2.45) is 0 Å². The zero-order chi connectivity index (χ0) is 20.9. The summed E-state index contributed by atoms with van der Waals surface area (Å²) in [6.45, 7) is 3.13. The predicted molar refractivity (Wildman–Crippen MR) is 122 cm³/mol. The molecule has 1 aliphatic carbocycles. The maximum Gasteiger partial charge on any atom is 0.252 e. The summed E-state index contributed by atoms with van der Waals surface area (Å²) < 4.78 is 1.74. The second-order valence-corrected chi connectivity index (χ2v) is 8.10. The number of nitrogens with one attached hydrogen (secondary N) is 1. The molecule has 0 saturated carbocycles. The van der Waals surface area contributed by atoms with Gasteiger partial charge in [-0.2, -0.15) is 0 Å². The first-order chi connectivity index (χ1) is 14.6. The summed E-state index contributed by atoms with van der Waals surface area (Å²) in [6.07, 6.45) is 7.97. The molecule has 0 bridgehead atoms. The van der Waals surface area contributed by atoms with Gasteiger partial charge in [0, 0.05) is 18.0 Å². The van der Waals surface area contributed by atoms with Crippen LogP contribution in [0.2, 0.25) is 0 Å². The molecule has 0 aliphatic heterocycles. The van der Waals surface area contributed by atoms with E-state index in [1.807, 2.05) is 49.4 Å². The van der Waals surface area contributed by atoms with Gasteiger partial charge < -0.3 is 9.88 Å². The summed E-state index contributed by atoms with van der Waals surface area (Å²) in [4.78, 5) is 25.8. The number of benzene rings is 2. The highest BCUT2D eigenvalue weighted by atomic mass is 16.2. The van der Waals surface area contributed by atoms with Crippen LogP contribution >= 0.6 is 0 Å². The van der Waals surface area contributed by atoms with Crippen molar-refractivity contribution in [3.63, 3.8) is 0 Å². The Balaban J connectivity index is 1.59. The minimum atomic E-state index is -0.178.